The van der Waals surface area contributed by atoms with Crippen LogP contribution in [0.3, 0.4) is 0 Å². The van der Waals surface area contributed by atoms with Crippen LogP contribution in [0.1, 0.15) is 49.0 Å². The normalized spacial score (nSPS) is 18.9. The first-order valence-electron chi connectivity index (χ1n) is 12.3. The molecule has 5 nitrogen and oxygen atoms in total. The van der Waals surface area contributed by atoms with Gasteiger partial charge in [0.1, 0.15) is 22.9 Å². The highest BCUT2D eigenvalue weighted by Gasteiger charge is 2.49. The molecule has 1 N–H and O–H groups in total. The summed E-state index contributed by atoms with van der Waals surface area (Å²) in [5, 5.41) is 10.5. The molecule has 1 aliphatic rings. The summed E-state index contributed by atoms with van der Waals surface area (Å²) < 4.78 is 112. The molecule has 1 heterocycles. The number of hydrogen-bond donors (Lipinski definition) is 1. The molecule has 1 unspecified atom stereocenters. The molecule has 1 saturated heterocycles. The Kier molecular flexibility index (Phi) is 9.03. The van der Waals surface area contributed by atoms with Crippen molar-refractivity contribution in [1.29, 1.82) is 0 Å². The first kappa shape index (κ1) is 29.8. The molecule has 0 aliphatic carbocycles. The first-order valence-corrected chi connectivity index (χ1v) is 12.3. The average Bonchev–Trinajstić information content (AvgIpc) is 2.88. The summed E-state index contributed by atoms with van der Waals surface area (Å²) in [6.45, 7) is 3.30. The lowest BCUT2D eigenvalue weighted by atomic mass is 10.0. The van der Waals surface area contributed by atoms with Crippen LogP contribution in [0.4, 0.5) is 30.7 Å². The van der Waals surface area contributed by atoms with Gasteiger partial charge in [0.05, 0.1) is 13.2 Å². The Morgan fingerprint density at radius 2 is 1.45 bits per heavy atom. The Bertz CT molecular complexity index is 1250. The molecule has 0 amide bonds. The summed E-state index contributed by atoms with van der Waals surface area (Å²) in [7, 11) is 0. The zero-order valence-corrected chi connectivity index (χ0v) is 21.1. The molecule has 3 aromatic rings. The molecular weight excluding hydrogens is 549 g/mol. The van der Waals surface area contributed by atoms with Crippen molar-refractivity contribution < 1.29 is 54.8 Å². The Morgan fingerprint density at radius 3 is 1.98 bits per heavy atom. The Balaban J connectivity index is 1.40. The summed E-state index contributed by atoms with van der Waals surface area (Å²) >= 11 is 0. The van der Waals surface area contributed by atoms with E-state index < -0.39 is 42.2 Å². The summed E-state index contributed by atoms with van der Waals surface area (Å²) in [6, 6.07) is 13.1. The van der Waals surface area contributed by atoms with E-state index in [1.165, 1.54) is 24.3 Å². The lowest BCUT2D eigenvalue weighted by Crippen LogP contribution is -2.29. The van der Waals surface area contributed by atoms with Crippen LogP contribution >= 0.6 is 0 Å². The van der Waals surface area contributed by atoms with Crippen LogP contribution in [0.25, 0.3) is 11.1 Å². The minimum Gasteiger partial charge on any atom is -0.461 e. The predicted molar refractivity (Wildman–Crippen MR) is 128 cm³/mol. The molecule has 1 atom stereocenters. The van der Waals surface area contributed by atoms with Crippen molar-refractivity contribution in [1.82, 2.24) is 0 Å². The van der Waals surface area contributed by atoms with Gasteiger partial charge in [-0.25, -0.2) is 13.5 Å². The van der Waals surface area contributed by atoms with Crippen LogP contribution in [0.5, 0.6) is 5.75 Å². The second-order valence-electron chi connectivity index (χ2n) is 9.19. The maximum Gasteiger partial charge on any atom is 0.527 e. The number of aliphatic hydroxyl groups is 1. The van der Waals surface area contributed by atoms with E-state index >= 15 is 0 Å². The van der Waals surface area contributed by atoms with Gasteiger partial charge >= 0.3 is 12.5 Å². The van der Waals surface area contributed by atoms with E-state index in [1.54, 1.807) is 24.3 Å². The number of aliphatic hydroxyl groups excluding tert-OH is 1. The third kappa shape index (κ3) is 7.30. The van der Waals surface area contributed by atoms with Crippen LogP contribution < -0.4 is 4.74 Å². The van der Waals surface area contributed by atoms with Crippen molar-refractivity contribution in [2.75, 3.05) is 13.2 Å². The summed E-state index contributed by atoms with van der Waals surface area (Å²) in [6.07, 6.45) is -10.9. The second-order valence-corrected chi connectivity index (χ2v) is 9.19. The fraction of sp³-hybridized carbons (Fsp3) is 0.357. The molecule has 12 heteroatoms. The largest absolute Gasteiger partial charge is 0.527 e. The van der Waals surface area contributed by atoms with Crippen molar-refractivity contribution in [2.45, 2.75) is 44.8 Å². The van der Waals surface area contributed by atoms with E-state index in [-0.39, 0.29) is 16.9 Å². The van der Waals surface area contributed by atoms with Crippen molar-refractivity contribution >= 4 is 0 Å². The van der Waals surface area contributed by atoms with Gasteiger partial charge in [0.2, 0.25) is 6.29 Å². The van der Waals surface area contributed by atoms with Crippen LogP contribution in [0, 0.1) is 17.6 Å². The molecule has 4 rings (SSSR count). The second kappa shape index (κ2) is 12.1. The van der Waals surface area contributed by atoms with Gasteiger partial charge in [-0.15, -0.1) is 13.2 Å². The molecule has 0 saturated carbocycles. The molecule has 0 aromatic heterocycles. The molecule has 216 valence electrons. The van der Waals surface area contributed by atoms with Crippen LogP contribution in [-0.2, 0) is 20.3 Å². The zero-order chi connectivity index (χ0) is 29.1. The van der Waals surface area contributed by atoms with E-state index in [0.717, 1.165) is 18.4 Å². The fourth-order valence-corrected chi connectivity index (χ4v) is 4.27. The minimum absolute atomic E-state index is 0.143. The average molecular weight is 574 g/mol. The highest BCUT2D eigenvalue weighted by molar-refractivity contribution is 5.65. The Hall–Kier alpha value is -3.19. The maximum absolute atomic E-state index is 14.3. The molecule has 1 aliphatic heterocycles. The van der Waals surface area contributed by atoms with Crippen molar-refractivity contribution in [3.05, 3.63) is 89.0 Å². The van der Waals surface area contributed by atoms with E-state index in [0.29, 0.717) is 36.8 Å². The lowest BCUT2D eigenvalue weighted by Gasteiger charge is -2.29. The van der Waals surface area contributed by atoms with E-state index in [9.17, 15) is 35.8 Å². The predicted octanol–water partition coefficient (Wildman–Crippen LogP) is 7.75. The van der Waals surface area contributed by atoms with Gasteiger partial charge < -0.3 is 19.3 Å². The molecule has 0 bridgehead atoms. The summed E-state index contributed by atoms with van der Waals surface area (Å²) in [5.74, 6) is -3.31. The van der Waals surface area contributed by atoms with Gasteiger partial charge in [0.25, 0.3) is 0 Å². The third-order valence-electron chi connectivity index (χ3n) is 6.17. The molecule has 0 radical (unpaired) electrons. The van der Waals surface area contributed by atoms with Gasteiger partial charge in [-0.05, 0) is 41.8 Å². The molecule has 1 fully saturated rings. The van der Waals surface area contributed by atoms with Gasteiger partial charge in [-0.2, -0.15) is 8.78 Å². The van der Waals surface area contributed by atoms with Crippen molar-refractivity contribution in [3.63, 3.8) is 0 Å². The number of halogens is 7. The SMILES string of the molecule is CCCC1COC(c2ccc(C(O)Oc3ccc(-c4cc(F)c(C(F)(F)OC(F)(F)F)c(F)c4)cc3)cc2)OC1. The standard InChI is InChI=1S/C28H25F7O5/c1-2-3-16-14-37-26(38-15-16)19-6-4-18(5-7-19)25(36)39-21-10-8-17(9-11-21)20-12-22(29)24(23(30)13-20)27(31,32)40-28(33,34)35/h4-13,16,25-26,36H,2-3,14-15H2,1H3. The number of rotatable bonds is 9. The van der Waals surface area contributed by atoms with Crippen LogP contribution in [0.2, 0.25) is 0 Å². The fourth-order valence-electron chi connectivity index (χ4n) is 4.27. The molecule has 40 heavy (non-hydrogen) atoms. The van der Waals surface area contributed by atoms with E-state index in [2.05, 4.69) is 11.7 Å². The lowest BCUT2D eigenvalue weighted by molar-refractivity contribution is -0.432. The zero-order valence-electron chi connectivity index (χ0n) is 21.1. The number of alkyl halides is 5. The monoisotopic (exact) mass is 574 g/mol. The minimum atomic E-state index is -5.82. The quantitative estimate of drug-likeness (QED) is 0.209. The van der Waals surface area contributed by atoms with E-state index in [1.807, 2.05) is 0 Å². The third-order valence-corrected chi connectivity index (χ3v) is 6.17. The highest BCUT2D eigenvalue weighted by atomic mass is 19.4. The highest BCUT2D eigenvalue weighted by Crippen LogP contribution is 2.40. The smallest absolute Gasteiger partial charge is 0.461 e. The van der Waals surface area contributed by atoms with Crippen LogP contribution in [0.15, 0.2) is 60.7 Å². The van der Waals surface area contributed by atoms with Crippen molar-refractivity contribution in [3.8, 4) is 16.9 Å². The van der Waals surface area contributed by atoms with Crippen LogP contribution in [-0.4, -0.2) is 24.7 Å². The van der Waals surface area contributed by atoms with Gasteiger partial charge in [-0.1, -0.05) is 49.7 Å². The maximum atomic E-state index is 14.3. The summed E-state index contributed by atoms with van der Waals surface area (Å²) in [5.41, 5.74) is -1.04. The number of hydrogen-bond acceptors (Lipinski definition) is 5. The first-order chi connectivity index (χ1) is 18.9. The number of benzene rings is 3. The topological polar surface area (TPSA) is 57.2 Å². The Labute approximate surface area is 225 Å². The Morgan fingerprint density at radius 1 is 0.875 bits per heavy atom. The van der Waals surface area contributed by atoms with Gasteiger partial charge in [-0.3, -0.25) is 0 Å². The number of ether oxygens (including phenoxy) is 4. The molecule has 3 aromatic carbocycles. The molecule has 0 spiro atoms. The van der Waals surface area contributed by atoms with Crippen molar-refractivity contribution in [2.24, 2.45) is 5.92 Å². The van der Waals surface area contributed by atoms with E-state index in [4.69, 9.17) is 14.2 Å². The van der Waals surface area contributed by atoms with Gasteiger partial charge in [0.15, 0.2) is 6.29 Å². The van der Waals surface area contributed by atoms with Gasteiger partial charge in [0, 0.05) is 17.0 Å². The molecular formula is C28H25F7O5. The summed E-state index contributed by atoms with van der Waals surface area (Å²) in [4.78, 5) is 0.